The fraction of sp³-hybridized carbons (Fsp3) is 0.500. The molecule has 0 fully saturated rings. The second-order valence-corrected chi connectivity index (χ2v) is 7.39. The zero-order chi connectivity index (χ0) is 17.4. The summed E-state index contributed by atoms with van der Waals surface area (Å²) in [5.41, 5.74) is 4.24. The Morgan fingerprint density at radius 3 is 1.29 bits per heavy atom. The fourth-order valence-electron chi connectivity index (χ4n) is 2.40. The molecule has 0 aliphatic rings. The lowest BCUT2D eigenvalue weighted by Crippen LogP contribution is -2.01. The van der Waals surface area contributed by atoms with E-state index in [1.807, 2.05) is 0 Å². The second-order valence-electron chi connectivity index (χ2n) is 7.39. The van der Waals surface area contributed by atoms with Gasteiger partial charge in [0.15, 0.2) is 0 Å². The molecule has 0 aliphatic heterocycles. The molecule has 0 amide bonds. The Morgan fingerprint density at radius 2 is 0.917 bits per heavy atom. The molecule has 0 saturated heterocycles. The molecule has 0 spiro atoms. The Labute approximate surface area is 151 Å². The lowest BCUT2D eigenvalue weighted by atomic mass is 9.90. The Balaban J connectivity index is 0.000000425. The lowest BCUT2D eigenvalue weighted by molar-refractivity contribution is 0.535. The fourth-order valence-corrected chi connectivity index (χ4v) is 2.40. The SMILES string of the molecule is C.CC(C)C(C)c1ccccc1.Cc1ccc(C(C)C(C)C)cc1. The summed E-state index contributed by atoms with van der Waals surface area (Å²) >= 11 is 0. The largest absolute Gasteiger partial charge is 0.0776 e. The number of hydrogen-bond donors (Lipinski definition) is 0. The molecule has 0 N–H and O–H groups in total. The highest BCUT2D eigenvalue weighted by Crippen LogP contribution is 2.23. The van der Waals surface area contributed by atoms with E-state index in [0.717, 1.165) is 11.8 Å². The zero-order valence-corrected chi connectivity index (χ0v) is 16.0. The Morgan fingerprint density at radius 1 is 0.542 bits per heavy atom. The first-order chi connectivity index (χ1) is 10.8. The molecule has 24 heavy (non-hydrogen) atoms. The third-order valence-corrected chi connectivity index (χ3v) is 4.93. The molecule has 2 unspecified atom stereocenters. The van der Waals surface area contributed by atoms with E-state index < -0.39 is 0 Å². The van der Waals surface area contributed by atoms with E-state index in [4.69, 9.17) is 0 Å². The molecule has 0 bridgehead atoms. The Hall–Kier alpha value is -1.56. The van der Waals surface area contributed by atoms with Gasteiger partial charge in [-0.15, -0.1) is 0 Å². The molecule has 0 nitrogen and oxygen atoms in total. The molecule has 0 heteroatoms. The van der Waals surface area contributed by atoms with Crippen LogP contribution >= 0.6 is 0 Å². The minimum atomic E-state index is 0. The molecule has 0 radical (unpaired) electrons. The van der Waals surface area contributed by atoms with E-state index in [1.165, 1.54) is 16.7 Å². The first kappa shape index (κ1) is 22.4. The van der Waals surface area contributed by atoms with Crippen molar-refractivity contribution < 1.29 is 0 Å². The van der Waals surface area contributed by atoms with Crippen LogP contribution in [0.2, 0.25) is 0 Å². The topological polar surface area (TPSA) is 0 Å². The molecule has 2 atom stereocenters. The van der Waals surface area contributed by atoms with Gasteiger partial charge in [0, 0.05) is 0 Å². The predicted molar refractivity (Wildman–Crippen MR) is 111 cm³/mol. The van der Waals surface area contributed by atoms with Crippen molar-refractivity contribution >= 4 is 0 Å². The first-order valence-corrected chi connectivity index (χ1v) is 8.94. The molecule has 0 heterocycles. The van der Waals surface area contributed by atoms with Crippen LogP contribution in [0.4, 0.5) is 0 Å². The average molecular weight is 327 g/mol. The molecular formula is C24H38. The van der Waals surface area contributed by atoms with Crippen molar-refractivity contribution in [2.45, 2.75) is 67.7 Å². The van der Waals surface area contributed by atoms with Crippen LogP contribution in [-0.2, 0) is 0 Å². The van der Waals surface area contributed by atoms with Gasteiger partial charge in [-0.2, -0.15) is 0 Å². The van der Waals surface area contributed by atoms with Crippen LogP contribution in [0.15, 0.2) is 54.6 Å². The third-order valence-electron chi connectivity index (χ3n) is 4.93. The normalized spacial score (nSPS) is 12.9. The average Bonchev–Trinajstić information content (AvgIpc) is 2.55. The highest BCUT2D eigenvalue weighted by Gasteiger charge is 2.08. The van der Waals surface area contributed by atoms with Crippen LogP contribution in [0.5, 0.6) is 0 Å². The summed E-state index contributed by atoms with van der Waals surface area (Å²) < 4.78 is 0. The van der Waals surface area contributed by atoms with Crippen LogP contribution in [0, 0.1) is 18.8 Å². The van der Waals surface area contributed by atoms with Gasteiger partial charge in [-0.3, -0.25) is 0 Å². The molecule has 0 aliphatic carbocycles. The van der Waals surface area contributed by atoms with Gasteiger partial charge in [0.2, 0.25) is 0 Å². The zero-order valence-electron chi connectivity index (χ0n) is 16.0. The van der Waals surface area contributed by atoms with E-state index in [1.54, 1.807) is 0 Å². The van der Waals surface area contributed by atoms with Crippen molar-refractivity contribution in [1.82, 2.24) is 0 Å². The van der Waals surface area contributed by atoms with Gasteiger partial charge < -0.3 is 0 Å². The van der Waals surface area contributed by atoms with Gasteiger partial charge >= 0.3 is 0 Å². The van der Waals surface area contributed by atoms with Gasteiger partial charge in [-0.05, 0) is 41.7 Å². The van der Waals surface area contributed by atoms with Gasteiger partial charge in [0.1, 0.15) is 0 Å². The highest BCUT2D eigenvalue weighted by molar-refractivity contribution is 5.24. The van der Waals surface area contributed by atoms with Crippen molar-refractivity contribution in [2.24, 2.45) is 11.8 Å². The Bertz CT molecular complexity index is 534. The standard InChI is InChI=1S/C12H18.C11H16.CH4/c1-9(2)11(4)12-7-5-10(3)6-8-12;1-9(2)10(3)11-7-5-4-6-8-11;/h5-9,11H,1-4H3;4-10H,1-3H3;1H4. The number of hydrogen-bond acceptors (Lipinski definition) is 0. The summed E-state index contributed by atoms with van der Waals surface area (Å²) in [6.07, 6.45) is 0. The smallest absolute Gasteiger partial charge is 0.0167 e. The van der Waals surface area contributed by atoms with E-state index >= 15 is 0 Å². The molecular weight excluding hydrogens is 288 g/mol. The lowest BCUT2D eigenvalue weighted by Gasteiger charge is -2.15. The van der Waals surface area contributed by atoms with Crippen molar-refractivity contribution in [1.29, 1.82) is 0 Å². The summed E-state index contributed by atoms with van der Waals surface area (Å²) in [6, 6.07) is 19.5. The molecule has 0 saturated carbocycles. The van der Waals surface area contributed by atoms with Gasteiger partial charge in [-0.1, -0.05) is 109 Å². The first-order valence-electron chi connectivity index (χ1n) is 8.94. The van der Waals surface area contributed by atoms with Crippen LogP contribution in [0.1, 0.15) is 77.5 Å². The van der Waals surface area contributed by atoms with Crippen molar-refractivity contribution in [2.75, 3.05) is 0 Å². The number of aryl methyl sites for hydroxylation is 1. The number of rotatable bonds is 4. The maximum absolute atomic E-state index is 2.29. The van der Waals surface area contributed by atoms with E-state index in [0.29, 0.717) is 11.8 Å². The quantitative estimate of drug-likeness (QED) is 0.537. The summed E-state index contributed by atoms with van der Waals surface area (Å²) in [5.74, 6) is 2.81. The predicted octanol–water partition coefficient (Wildman–Crippen LogP) is 7.84. The second kappa shape index (κ2) is 11.1. The highest BCUT2D eigenvalue weighted by atomic mass is 14.1. The molecule has 0 aromatic heterocycles. The third kappa shape index (κ3) is 7.34. The van der Waals surface area contributed by atoms with E-state index in [9.17, 15) is 0 Å². The van der Waals surface area contributed by atoms with E-state index in [-0.39, 0.29) is 7.43 Å². The summed E-state index contributed by atoms with van der Waals surface area (Å²) in [7, 11) is 0. The summed E-state index contributed by atoms with van der Waals surface area (Å²) in [5, 5.41) is 0. The van der Waals surface area contributed by atoms with Gasteiger partial charge in [0.05, 0.1) is 0 Å². The summed E-state index contributed by atoms with van der Waals surface area (Å²) in [6.45, 7) is 15.8. The summed E-state index contributed by atoms with van der Waals surface area (Å²) in [4.78, 5) is 0. The maximum Gasteiger partial charge on any atom is -0.0167 e. The molecule has 2 rings (SSSR count). The van der Waals surface area contributed by atoms with Gasteiger partial charge in [0.25, 0.3) is 0 Å². The molecule has 2 aromatic rings. The monoisotopic (exact) mass is 326 g/mol. The maximum atomic E-state index is 2.29. The van der Waals surface area contributed by atoms with Crippen LogP contribution in [0.3, 0.4) is 0 Å². The van der Waals surface area contributed by atoms with Crippen molar-refractivity contribution in [3.8, 4) is 0 Å². The number of benzene rings is 2. The molecule has 134 valence electrons. The van der Waals surface area contributed by atoms with Crippen LogP contribution in [0.25, 0.3) is 0 Å². The van der Waals surface area contributed by atoms with Crippen molar-refractivity contribution in [3.63, 3.8) is 0 Å². The van der Waals surface area contributed by atoms with Gasteiger partial charge in [-0.25, -0.2) is 0 Å². The van der Waals surface area contributed by atoms with Crippen molar-refractivity contribution in [3.05, 3.63) is 71.3 Å². The minimum Gasteiger partial charge on any atom is -0.0776 e. The molecule has 2 aromatic carbocycles. The van der Waals surface area contributed by atoms with Crippen LogP contribution in [-0.4, -0.2) is 0 Å². The Kier molecular flexibility index (Phi) is 10.4. The van der Waals surface area contributed by atoms with E-state index in [2.05, 4.69) is 103 Å². The minimum absolute atomic E-state index is 0. The van der Waals surface area contributed by atoms with Crippen LogP contribution < -0.4 is 0 Å².